The normalized spacial score (nSPS) is 13.8. The number of aromatic hydroxyl groups is 9. The maximum atomic E-state index is 13.6. The molecule has 18 N–H and O–H groups in total. The molecule has 0 aliphatic heterocycles. The number of carbonyl (C=O) groups excluding carboxylic acids is 2. The predicted octanol–water partition coefficient (Wildman–Crippen LogP) is -5.60. The monoisotopic (exact) mass is 827 g/mol. The van der Waals surface area contributed by atoms with E-state index >= 15 is 0 Å². The lowest BCUT2D eigenvalue weighted by Crippen LogP contribution is -2.63. The summed E-state index contributed by atoms with van der Waals surface area (Å²) in [5, 5.41) is 170. The molecule has 0 aromatic heterocycles. The van der Waals surface area contributed by atoms with Crippen LogP contribution in [0.4, 0.5) is 0 Å². The van der Waals surface area contributed by atoms with E-state index in [1.54, 1.807) is 0 Å². The fourth-order valence-corrected chi connectivity index (χ4v) is 6.50. The van der Waals surface area contributed by atoms with Gasteiger partial charge in [0, 0.05) is 5.56 Å². The summed E-state index contributed by atoms with van der Waals surface area (Å²) >= 11 is -2.75. The van der Waals surface area contributed by atoms with E-state index in [0.29, 0.717) is 20.0 Å². The number of phenolic OH excluding ortho intramolecular Hbond substituents is 9. The van der Waals surface area contributed by atoms with Crippen molar-refractivity contribution in [2.75, 3.05) is 0 Å². The van der Waals surface area contributed by atoms with E-state index in [-0.39, 0.29) is 0 Å². The average Bonchev–Trinajstić information content (AvgIpc) is 3.08. The van der Waals surface area contributed by atoms with Crippen molar-refractivity contribution in [1.82, 2.24) is 5.32 Å². The first-order chi connectivity index (χ1) is 25.8. The Balaban J connectivity index is 1.94. The van der Waals surface area contributed by atoms with Gasteiger partial charge in [-0.1, -0.05) is 11.8 Å². The van der Waals surface area contributed by atoms with Crippen LogP contribution in [0.15, 0.2) is 18.2 Å². The molecule has 308 valence electrons. The Labute approximate surface area is 323 Å². The minimum Gasteiger partial charge on any atom is -0.615 e. The molecule has 3 aromatic carbocycles. The maximum Gasteiger partial charge on any atom is 0.308 e. The molecular formula is C31H35B2NO22S. The van der Waals surface area contributed by atoms with Crippen LogP contribution in [0.1, 0.15) is 47.8 Å². The van der Waals surface area contributed by atoms with Gasteiger partial charge in [-0.2, -0.15) is 0 Å². The second-order valence-electron chi connectivity index (χ2n) is 12.5. The highest BCUT2D eigenvalue weighted by molar-refractivity contribution is 7.93. The van der Waals surface area contributed by atoms with Gasteiger partial charge < -0.3 is 106 Å². The fraction of sp³-hybridized carbons (Fsp3) is 0.290. The van der Waals surface area contributed by atoms with Gasteiger partial charge in [0.1, 0.15) is 16.4 Å². The van der Waals surface area contributed by atoms with Crippen molar-refractivity contribution >= 4 is 38.6 Å². The third-order valence-corrected chi connectivity index (χ3v) is 9.72. The fourth-order valence-electron chi connectivity index (χ4n) is 4.91. The van der Waals surface area contributed by atoms with Crippen molar-refractivity contribution in [3.05, 3.63) is 40.5 Å². The number of ether oxygens (including phenoxy) is 2. The summed E-state index contributed by atoms with van der Waals surface area (Å²) in [7, 11) is 1.40. The van der Waals surface area contributed by atoms with Crippen LogP contribution in [0.3, 0.4) is 0 Å². The number of phenols is 9. The van der Waals surface area contributed by atoms with Crippen molar-refractivity contribution in [1.29, 1.82) is 0 Å². The number of carbonyl (C=O) groups is 2. The summed E-state index contributed by atoms with van der Waals surface area (Å²) in [6, 6.07) is 1.88. The van der Waals surface area contributed by atoms with E-state index in [4.69, 9.17) is 9.47 Å². The van der Waals surface area contributed by atoms with Crippen molar-refractivity contribution in [3.63, 3.8) is 0 Å². The van der Waals surface area contributed by atoms with Crippen molar-refractivity contribution < 1.29 is 110 Å². The highest BCUT2D eigenvalue weighted by atomic mass is 32.2. The second kappa shape index (κ2) is 16.0. The third kappa shape index (κ3) is 9.64. The lowest BCUT2D eigenvalue weighted by molar-refractivity contribution is -0.375. The first-order valence-electron chi connectivity index (χ1n) is 15.6. The van der Waals surface area contributed by atoms with Gasteiger partial charge in [0.05, 0.1) is 12.0 Å². The van der Waals surface area contributed by atoms with Crippen LogP contribution < -0.4 is 14.8 Å². The number of hydrogen-bond acceptors (Lipinski definition) is 22. The quantitative estimate of drug-likeness (QED) is 0.0191. The standard InChI is InChI=1S/C31H35B2NO22S/c1-9(35)16(8-17(36)34-29(48,49)28(46,47)11-3-6-14(55-30(32,50)51)15(7-11)56-31(33,52)53)57(54)10(2)18-23(41)19(37)12(20(38)24(18)42)4-5-13-21(39)25(43)27(45)26(44)22(13)40/h3,6-7,10,16,37-53H,8,32-33H2,1-2H3,(H,34,36). The minimum absolute atomic E-state index is 0.492. The number of amides is 1. The summed E-state index contributed by atoms with van der Waals surface area (Å²) in [5.41, 5.74) is -3.86. The first kappa shape index (κ1) is 45.7. The number of aliphatic hydroxyl groups is 8. The Morgan fingerprint density at radius 3 is 1.54 bits per heavy atom. The van der Waals surface area contributed by atoms with Gasteiger partial charge in [-0.3, -0.25) is 9.59 Å². The third-order valence-electron chi connectivity index (χ3n) is 7.73. The molecule has 3 aromatic rings. The molecule has 23 nitrogen and oxygen atoms in total. The number of nitrogens with one attached hydrogen (secondary N) is 1. The molecule has 0 aliphatic carbocycles. The zero-order valence-electron chi connectivity index (χ0n) is 29.6. The molecule has 1 amide bonds. The van der Waals surface area contributed by atoms with E-state index < -0.39 is 149 Å². The molecule has 0 saturated heterocycles. The zero-order valence-corrected chi connectivity index (χ0v) is 30.5. The summed E-state index contributed by atoms with van der Waals surface area (Å²) < 4.78 is 23.1. The highest BCUT2D eigenvalue weighted by Crippen LogP contribution is 2.52. The molecule has 26 heteroatoms. The topological polar surface area (TPSA) is 432 Å². The molecule has 57 heavy (non-hydrogen) atoms. The Morgan fingerprint density at radius 2 is 1.12 bits per heavy atom. The lowest BCUT2D eigenvalue weighted by Gasteiger charge is -2.36. The van der Waals surface area contributed by atoms with E-state index in [2.05, 4.69) is 0 Å². The van der Waals surface area contributed by atoms with Gasteiger partial charge in [0.15, 0.2) is 57.0 Å². The van der Waals surface area contributed by atoms with Crippen molar-refractivity contribution in [2.24, 2.45) is 0 Å². The van der Waals surface area contributed by atoms with Gasteiger partial charge in [0.2, 0.25) is 38.8 Å². The molecular weight excluding hydrogens is 792 g/mol. The van der Waals surface area contributed by atoms with E-state index in [1.165, 1.54) is 5.32 Å². The zero-order chi connectivity index (χ0) is 43.9. The van der Waals surface area contributed by atoms with Crippen LogP contribution in [-0.4, -0.2) is 142 Å². The maximum absolute atomic E-state index is 13.6. The summed E-state index contributed by atoms with van der Waals surface area (Å²) in [4.78, 5) is 25.6. The molecule has 0 heterocycles. The lowest BCUT2D eigenvalue weighted by atomic mass is 10.0. The Bertz CT molecular complexity index is 2080. The van der Waals surface area contributed by atoms with Gasteiger partial charge in [0.25, 0.3) is 17.5 Å². The second-order valence-corrected chi connectivity index (χ2v) is 14.4. The smallest absolute Gasteiger partial charge is 0.308 e. The largest absolute Gasteiger partial charge is 0.615 e. The van der Waals surface area contributed by atoms with Crippen molar-refractivity contribution in [2.45, 2.75) is 54.2 Å². The molecule has 3 rings (SSSR count). The van der Waals surface area contributed by atoms with Crippen LogP contribution in [0, 0.1) is 11.8 Å². The van der Waals surface area contributed by atoms with Crippen molar-refractivity contribution in [3.8, 4) is 75.1 Å². The summed E-state index contributed by atoms with van der Waals surface area (Å²) in [6.07, 6.45) is -1.24. The Hall–Kier alpha value is -5.72. The molecule has 3 unspecified atom stereocenters. The number of ketones is 1. The number of Topliss-reactive ketones (excluding diaryl/α,β-unsaturated/α-hetero) is 1. The van der Waals surface area contributed by atoms with Gasteiger partial charge in [-0.15, -0.1) is 0 Å². The van der Waals surface area contributed by atoms with Crippen LogP contribution in [0.2, 0.25) is 0 Å². The number of rotatable bonds is 13. The molecule has 0 radical (unpaired) electrons. The van der Waals surface area contributed by atoms with Crippen LogP contribution in [-0.2, 0) is 26.6 Å². The molecule has 0 spiro atoms. The molecule has 0 aliphatic rings. The molecule has 0 saturated carbocycles. The first-order valence-corrected chi connectivity index (χ1v) is 16.8. The minimum atomic E-state index is -4.10. The van der Waals surface area contributed by atoms with E-state index in [1.807, 2.05) is 11.8 Å². The highest BCUT2D eigenvalue weighted by Gasteiger charge is 2.52. The predicted molar refractivity (Wildman–Crippen MR) is 190 cm³/mol. The number of hydrogen-bond donors (Lipinski definition) is 18. The SMILES string of the molecule is BC(O)(O)Oc1ccc(C(O)(O)C(O)(O)NC(=O)CC(C(C)=O)[S+]([O-])C(C)c2c(O)c(O)c(C#Cc3c(O)c(O)c(O)c(O)c3O)c(O)c2O)cc1OC(B)(O)O. The molecule has 3 atom stereocenters. The molecule has 0 fully saturated rings. The summed E-state index contributed by atoms with van der Waals surface area (Å²) in [6.45, 7) is 1.79. The van der Waals surface area contributed by atoms with Crippen LogP contribution >= 0.6 is 0 Å². The average molecular weight is 827 g/mol. The Kier molecular flexibility index (Phi) is 12.8. The van der Waals surface area contributed by atoms with Crippen LogP contribution in [0.25, 0.3) is 0 Å². The van der Waals surface area contributed by atoms with E-state index in [0.717, 1.165) is 27.8 Å². The van der Waals surface area contributed by atoms with Crippen LogP contribution in [0.5, 0.6) is 63.2 Å². The van der Waals surface area contributed by atoms with Gasteiger partial charge in [-0.25, -0.2) is 0 Å². The Morgan fingerprint density at radius 1 is 0.719 bits per heavy atom. The summed E-state index contributed by atoms with van der Waals surface area (Å²) in [5.74, 6) is -26.1. The van der Waals surface area contributed by atoms with E-state index in [9.17, 15) is 101 Å². The number of benzene rings is 3. The molecule has 0 bridgehead atoms. The van der Waals surface area contributed by atoms with Gasteiger partial charge in [-0.05, 0) is 43.2 Å². The van der Waals surface area contributed by atoms with Gasteiger partial charge >= 0.3 is 5.91 Å².